The van der Waals surface area contributed by atoms with Gasteiger partial charge in [-0.2, -0.15) is 0 Å². The Kier molecular flexibility index (Phi) is 4.37. The summed E-state index contributed by atoms with van der Waals surface area (Å²) >= 11 is 0. The van der Waals surface area contributed by atoms with Crippen molar-refractivity contribution in [3.63, 3.8) is 0 Å². The predicted octanol–water partition coefficient (Wildman–Crippen LogP) is 2.51. The van der Waals surface area contributed by atoms with Crippen LogP contribution in [0.5, 0.6) is 0 Å². The minimum absolute atomic E-state index is 0.740. The Morgan fingerprint density at radius 1 is 1.31 bits per heavy atom. The molecular formula is C14H21NO. The number of benzene rings is 1. The van der Waals surface area contributed by atoms with E-state index < -0.39 is 0 Å². The van der Waals surface area contributed by atoms with Crippen molar-refractivity contribution < 1.29 is 4.74 Å². The van der Waals surface area contributed by atoms with Crippen LogP contribution in [0.15, 0.2) is 30.3 Å². The van der Waals surface area contributed by atoms with Gasteiger partial charge < -0.3 is 9.64 Å². The molecule has 0 radical (unpaired) electrons. The molecule has 1 heterocycles. The summed E-state index contributed by atoms with van der Waals surface area (Å²) in [6.45, 7) is 4.51. The van der Waals surface area contributed by atoms with E-state index in [1.807, 2.05) is 0 Å². The molecule has 0 aliphatic carbocycles. The minimum Gasteiger partial charge on any atom is -0.385 e. The van der Waals surface area contributed by atoms with Gasteiger partial charge in [-0.3, -0.25) is 0 Å². The lowest BCUT2D eigenvalue weighted by molar-refractivity contribution is 0.179. The molecule has 1 saturated heterocycles. The number of nitrogens with zero attached hydrogens (tertiary/aromatic N) is 1. The van der Waals surface area contributed by atoms with Crippen LogP contribution >= 0.6 is 0 Å². The van der Waals surface area contributed by atoms with Gasteiger partial charge in [0.1, 0.15) is 0 Å². The summed E-state index contributed by atoms with van der Waals surface area (Å²) in [7, 11) is 1.77. The zero-order valence-electron chi connectivity index (χ0n) is 10.1. The molecule has 88 valence electrons. The molecule has 0 bridgehead atoms. The zero-order valence-corrected chi connectivity index (χ0v) is 10.1. The van der Waals surface area contributed by atoms with Crippen LogP contribution in [0.1, 0.15) is 24.3 Å². The Morgan fingerprint density at radius 2 is 2.12 bits per heavy atom. The van der Waals surface area contributed by atoms with E-state index in [0.717, 1.165) is 18.9 Å². The first-order chi connectivity index (χ1) is 7.90. The maximum atomic E-state index is 5.09. The first-order valence-corrected chi connectivity index (χ1v) is 6.16. The highest BCUT2D eigenvalue weighted by Gasteiger charge is 2.22. The number of methoxy groups -OCH3 is 1. The zero-order chi connectivity index (χ0) is 11.2. The van der Waals surface area contributed by atoms with Crippen LogP contribution in [-0.4, -0.2) is 38.3 Å². The van der Waals surface area contributed by atoms with E-state index in [1.54, 1.807) is 7.11 Å². The summed E-state index contributed by atoms with van der Waals surface area (Å²) in [5, 5.41) is 0. The third kappa shape index (κ3) is 3.06. The SMILES string of the molecule is COCCCN1CC[C@H](c2ccccc2)C1. The van der Waals surface area contributed by atoms with Crippen molar-refractivity contribution in [3.8, 4) is 0 Å². The van der Waals surface area contributed by atoms with Gasteiger partial charge in [0.15, 0.2) is 0 Å². The van der Waals surface area contributed by atoms with Gasteiger partial charge in [-0.1, -0.05) is 30.3 Å². The van der Waals surface area contributed by atoms with Crippen LogP contribution in [0.4, 0.5) is 0 Å². The largest absolute Gasteiger partial charge is 0.385 e. The first kappa shape index (κ1) is 11.6. The van der Waals surface area contributed by atoms with Gasteiger partial charge in [0.2, 0.25) is 0 Å². The van der Waals surface area contributed by atoms with Gasteiger partial charge in [0.25, 0.3) is 0 Å². The van der Waals surface area contributed by atoms with Crippen molar-refractivity contribution in [2.75, 3.05) is 33.4 Å². The van der Waals surface area contributed by atoms with Gasteiger partial charge >= 0.3 is 0 Å². The summed E-state index contributed by atoms with van der Waals surface area (Å²) < 4.78 is 5.09. The lowest BCUT2D eigenvalue weighted by Crippen LogP contribution is -2.22. The Hall–Kier alpha value is -0.860. The number of ether oxygens (including phenoxy) is 1. The second-order valence-electron chi connectivity index (χ2n) is 4.54. The fourth-order valence-corrected chi connectivity index (χ4v) is 2.47. The van der Waals surface area contributed by atoms with Gasteiger partial charge in [-0.15, -0.1) is 0 Å². The third-order valence-corrected chi connectivity index (χ3v) is 3.37. The monoisotopic (exact) mass is 219 g/mol. The Balaban J connectivity index is 1.79. The summed E-state index contributed by atoms with van der Waals surface area (Å²) in [5.74, 6) is 0.740. The topological polar surface area (TPSA) is 12.5 Å². The predicted molar refractivity (Wildman–Crippen MR) is 66.7 cm³/mol. The van der Waals surface area contributed by atoms with Crippen LogP contribution in [0, 0.1) is 0 Å². The highest BCUT2D eigenvalue weighted by Crippen LogP contribution is 2.26. The average Bonchev–Trinajstić information content (AvgIpc) is 2.79. The number of rotatable bonds is 5. The molecular weight excluding hydrogens is 198 g/mol. The summed E-state index contributed by atoms with van der Waals surface area (Å²) in [4.78, 5) is 2.55. The molecule has 0 N–H and O–H groups in total. The smallest absolute Gasteiger partial charge is 0.0474 e. The molecule has 1 fully saturated rings. The molecule has 0 unspecified atom stereocenters. The normalized spacial score (nSPS) is 21.4. The van der Waals surface area contributed by atoms with Crippen molar-refractivity contribution in [1.82, 2.24) is 4.90 Å². The molecule has 1 aliphatic heterocycles. The highest BCUT2D eigenvalue weighted by atomic mass is 16.5. The standard InChI is InChI=1S/C14H21NO/c1-16-11-5-9-15-10-8-14(12-15)13-6-3-2-4-7-13/h2-4,6-7,14H,5,8-12H2,1H3/t14-/m0/s1. The summed E-state index contributed by atoms with van der Waals surface area (Å²) in [5.41, 5.74) is 1.50. The van der Waals surface area contributed by atoms with Crippen molar-refractivity contribution in [2.45, 2.75) is 18.8 Å². The molecule has 0 spiro atoms. The van der Waals surface area contributed by atoms with E-state index in [-0.39, 0.29) is 0 Å². The lowest BCUT2D eigenvalue weighted by Gasteiger charge is -2.15. The number of hydrogen-bond donors (Lipinski definition) is 0. The average molecular weight is 219 g/mol. The molecule has 16 heavy (non-hydrogen) atoms. The maximum Gasteiger partial charge on any atom is 0.0474 e. The maximum absolute atomic E-state index is 5.09. The van der Waals surface area contributed by atoms with Gasteiger partial charge in [-0.25, -0.2) is 0 Å². The van der Waals surface area contributed by atoms with E-state index in [9.17, 15) is 0 Å². The molecule has 1 atom stereocenters. The van der Waals surface area contributed by atoms with Gasteiger partial charge in [0, 0.05) is 26.8 Å². The molecule has 2 rings (SSSR count). The Bertz CT molecular complexity index is 299. The van der Waals surface area contributed by atoms with Gasteiger partial charge in [-0.05, 0) is 30.9 Å². The van der Waals surface area contributed by atoms with Crippen molar-refractivity contribution in [3.05, 3.63) is 35.9 Å². The fourth-order valence-electron chi connectivity index (χ4n) is 2.47. The fraction of sp³-hybridized carbons (Fsp3) is 0.571. The second kappa shape index (κ2) is 6.02. The van der Waals surface area contributed by atoms with E-state index in [0.29, 0.717) is 0 Å². The van der Waals surface area contributed by atoms with E-state index in [2.05, 4.69) is 35.2 Å². The van der Waals surface area contributed by atoms with Crippen LogP contribution < -0.4 is 0 Å². The van der Waals surface area contributed by atoms with Crippen molar-refractivity contribution in [2.24, 2.45) is 0 Å². The molecule has 2 nitrogen and oxygen atoms in total. The number of likely N-dealkylation sites (tertiary alicyclic amines) is 1. The molecule has 0 saturated carbocycles. The van der Waals surface area contributed by atoms with E-state index in [1.165, 1.54) is 31.6 Å². The van der Waals surface area contributed by atoms with Crippen LogP contribution in [0.25, 0.3) is 0 Å². The lowest BCUT2D eigenvalue weighted by atomic mass is 9.99. The molecule has 0 aromatic heterocycles. The molecule has 2 heteroatoms. The van der Waals surface area contributed by atoms with Crippen LogP contribution in [0.3, 0.4) is 0 Å². The molecule has 1 aromatic rings. The molecule has 1 aromatic carbocycles. The summed E-state index contributed by atoms with van der Waals surface area (Å²) in [6, 6.07) is 10.9. The van der Waals surface area contributed by atoms with Crippen LogP contribution in [0.2, 0.25) is 0 Å². The highest BCUT2D eigenvalue weighted by molar-refractivity contribution is 5.20. The third-order valence-electron chi connectivity index (χ3n) is 3.37. The Labute approximate surface area is 98.2 Å². The van der Waals surface area contributed by atoms with E-state index in [4.69, 9.17) is 4.74 Å². The number of hydrogen-bond acceptors (Lipinski definition) is 2. The first-order valence-electron chi connectivity index (χ1n) is 6.16. The van der Waals surface area contributed by atoms with E-state index >= 15 is 0 Å². The van der Waals surface area contributed by atoms with Crippen LogP contribution in [-0.2, 0) is 4.74 Å². The van der Waals surface area contributed by atoms with Crippen molar-refractivity contribution >= 4 is 0 Å². The quantitative estimate of drug-likeness (QED) is 0.706. The van der Waals surface area contributed by atoms with Gasteiger partial charge in [0.05, 0.1) is 0 Å². The molecule has 1 aliphatic rings. The summed E-state index contributed by atoms with van der Waals surface area (Å²) in [6.07, 6.45) is 2.45. The second-order valence-corrected chi connectivity index (χ2v) is 4.54. The minimum atomic E-state index is 0.740. The molecule has 0 amide bonds. The Morgan fingerprint density at radius 3 is 2.88 bits per heavy atom. The van der Waals surface area contributed by atoms with Crippen molar-refractivity contribution in [1.29, 1.82) is 0 Å².